The first-order valence-electron chi connectivity index (χ1n) is 8.35. The minimum Gasteiger partial charge on any atom is -0.593 e. The summed E-state index contributed by atoms with van der Waals surface area (Å²) in [5.74, 6) is 0. The van der Waals surface area contributed by atoms with Gasteiger partial charge in [0, 0.05) is 40.7 Å². The Hall–Kier alpha value is -1.12. The predicted molar refractivity (Wildman–Crippen MR) is 127 cm³/mol. The number of benzene rings is 2. The van der Waals surface area contributed by atoms with Gasteiger partial charge in [-0.05, 0) is 29.8 Å². The van der Waals surface area contributed by atoms with Crippen LogP contribution < -0.4 is 10.0 Å². The third kappa shape index (κ3) is 7.37. The van der Waals surface area contributed by atoms with E-state index in [0.717, 1.165) is 33.2 Å². The summed E-state index contributed by atoms with van der Waals surface area (Å²) in [7, 11) is 0. The van der Waals surface area contributed by atoms with Crippen molar-refractivity contribution in [2.45, 2.75) is 4.90 Å². The molecule has 0 fully saturated rings. The summed E-state index contributed by atoms with van der Waals surface area (Å²) in [5, 5.41) is 5.28. The average molecular weight is 503 g/mol. The Labute approximate surface area is 189 Å². The zero-order chi connectivity index (χ0) is 18.2. The summed E-state index contributed by atoms with van der Waals surface area (Å²) < 4.78 is 16.6. The molecular formula is C20H22BrCl2N3OS. The SMILES string of the molecule is Cl.Cl.[O-][S+](NCCNC/C=C/c1ccc(Br)cc1)c1cccc2cnccc12. The first kappa shape index (κ1) is 24.9. The van der Waals surface area contributed by atoms with Crippen LogP contribution in [0, 0.1) is 0 Å². The maximum Gasteiger partial charge on any atom is 0.181 e. The largest absolute Gasteiger partial charge is 0.593 e. The molecule has 1 unspecified atom stereocenters. The normalized spacial score (nSPS) is 11.8. The monoisotopic (exact) mass is 501 g/mol. The summed E-state index contributed by atoms with van der Waals surface area (Å²) in [6.07, 6.45) is 7.67. The third-order valence-corrected chi connectivity index (χ3v) is 5.57. The van der Waals surface area contributed by atoms with Gasteiger partial charge in [-0.2, -0.15) is 0 Å². The van der Waals surface area contributed by atoms with Crippen LogP contribution in [0.1, 0.15) is 5.56 Å². The molecular weight excluding hydrogens is 481 g/mol. The van der Waals surface area contributed by atoms with E-state index in [9.17, 15) is 4.55 Å². The molecule has 0 amide bonds. The minimum atomic E-state index is -1.24. The van der Waals surface area contributed by atoms with E-state index in [1.165, 1.54) is 5.56 Å². The van der Waals surface area contributed by atoms with Crippen molar-refractivity contribution >= 4 is 69.0 Å². The molecule has 0 saturated carbocycles. The lowest BCUT2D eigenvalue weighted by Gasteiger charge is -2.12. The summed E-state index contributed by atoms with van der Waals surface area (Å²) >= 11 is 2.19. The van der Waals surface area contributed by atoms with Gasteiger partial charge in [-0.1, -0.05) is 52.3 Å². The van der Waals surface area contributed by atoms with E-state index in [4.69, 9.17) is 0 Å². The fourth-order valence-corrected chi connectivity index (χ4v) is 3.81. The Morgan fingerprint density at radius 1 is 1.04 bits per heavy atom. The van der Waals surface area contributed by atoms with E-state index in [1.54, 1.807) is 12.4 Å². The number of fused-ring (bicyclic) bond motifs is 1. The Balaban J connectivity index is 0.00000196. The molecule has 0 bridgehead atoms. The fraction of sp³-hybridized carbons (Fsp3) is 0.150. The molecule has 0 spiro atoms. The van der Waals surface area contributed by atoms with Gasteiger partial charge in [0.05, 0.1) is 17.9 Å². The highest BCUT2D eigenvalue weighted by Gasteiger charge is 2.14. The number of halogens is 3. The van der Waals surface area contributed by atoms with E-state index in [1.807, 2.05) is 36.4 Å². The second-order valence-corrected chi connectivity index (χ2v) is 7.86. The quantitative estimate of drug-likeness (QED) is 0.344. The molecule has 0 saturated heterocycles. The number of hydrogen-bond acceptors (Lipinski definition) is 4. The van der Waals surface area contributed by atoms with Crippen molar-refractivity contribution in [3.63, 3.8) is 0 Å². The molecule has 2 aromatic carbocycles. The molecule has 2 N–H and O–H groups in total. The molecule has 150 valence electrons. The minimum absolute atomic E-state index is 0. The van der Waals surface area contributed by atoms with Crippen LogP contribution in [-0.4, -0.2) is 29.2 Å². The Morgan fingerprint density at radius 3 is 2.61 bits per heavy atom. The van der Waals surface area contributed by atoms with Gasteiger partial charge in [-0.3, -0.25) is 4.98 Å². The van der Waals surface area contributed by atoms with Crippen LogP contribution in [-0.2, 0) is 11.4 Å². The Bertz CT molecular complexity index is 875. The first-order chi connectivity index (χ1) is 12.7. The molecule has 8 heteroatoms. The maximum atomic E-state index is 12.5. The number of rotatable bonds is 8. The van der Waals surface area contributed by atoms with Gasteiger partial charge in [0.1, 0.15) is 0 Å². The van der Waals surface area contributed by atoms with Crippen molar-refractivity contribution in [3.05, 3.63) is 77.0 Å². The zero-order valence-electron chi connectivity index (χ0n) is 15.0. The second kappa shape index (κ2) is 13.2. The third-order valence-electron chi connectivity index (χ3n) is 3.82. The number of nitrogens with zero attached hydrogens (tertiary/aromatic N) is 1. The van der Waals surface area contributed by atoms with Gasteiger partial charge in [0.2, 0.25) is 0 Å². The van der Waals surface area contributed by atoms with Crippen molar-refractivity contribution in [1.82, 2.24) is 15.0 Å². The summed E-state index contributed by atoms with van der Waals surface area (Å²) in [5.41, 5.74) is 1.17. The molecule has 1 heterocycles. The molecule has 0 aliphatic carbocycles. The first-order valence-corrected chi connectivity index (χ1v) is 10.3. The van der Waals surface area contributed by atoms with Crippen LogP contribution in [0.25, 0.3) is 16.8 Å². The molecule has 1 aromatic heterocycles. The molecule has 3 rings (SSSR count). The average Bonchev–Trinajstić information content (AvgIpc) is 2.68. The van der Waals surface area contributed by atoms with Crippen molar-refractivity contribution in [2.75, 3.05) is 19.6 Å². The van der Waals surface area contributed by atoms with Crippen molar-refractivity contribution in [2.24, 2.45) is 0 Å². The summed E-state index contributed by atoms with van der Waals surface area (Å²) in [6, 6.07) is 15.8. The van der Waals surface area contributed by atoms with Crippen LogP contribution in [0.4, 0.5) is 0 Å². The molecule has 0 radical (unpaired) electrons. The second-order valence-electron chi connectivity index (χ2n) is 5.67. The fourth-order valence-electron chi connectivity index (χ4n) is 2.52. The summed E-state index contributed by atoms with van der Waals surface area (Å²) in [6.45, 7) is 2.13. The van der Waals surface area contributed by atoms with Crippen LogP contribution in [0.5, 0.6) is 0 Å². The van der Waals surface area contributed by atoms with Crippen molar-refractivity contribution in [3.8, 4) is 0 Å². The van der Waals surface area contributed by atoms with E-state index < -0.39 is 11.4 Å². The lowest BCUT2D eigenvalue weighted by molar-refractivity contribution is 0.578. The molecule has 0 aliphatic rings. The Morgan fingerprint density at radius 2 is 1.82 bits per heavy atom. The molecule has 28 heavy (non-hydrogen) atoms. The van der Waals surface area contributed by atoms with E-state index in [2.05, 4.69) is 55.2 Å². The standard InChI is InChI=1S/C20H20BrN3OS.2ClH/c21-18-8-6-16(7-9-18)3-2-11-22-13-14-24-26(25)20-5-1-4-17-15-23-12-10-19(17)20;;/h1-10,12,15,22,24H,11,13-14H2;2*1H/b3-2+;;. The van der Waals surface area contributed by atoms with Gasteiger partial charge in [0.25, 0.3) is 0 Å². The van der Waals surface area contributed by atoms with E-state index in [0.29, 0.717) is 6.54 Å². The highest BCUT2D eigenvalue weighted by Crippen LogP contribution is 2.21. The van der Waals surface area contributed by atoms with Crippen molar-refractivity contribution in [1.29, 1.82) is 0 Å². The number of nitrogens with one attached hydrogen (secondary N) is 2. The lowest BCUT2D eigenvalue weighted by Crippen LogP contribution is -2.32. The summed E-state index contributed by atoms with van der Waals surface area (Å²) in [4.78, 5) is 4.90. The Kier molecular flexibility index (Phi) is 11.7. The van der Waals surface area contributed by atoms with Crippen LogP contribution in [0.3, 0.4) is 0 Å². The molecule has 1 atom stereocenters. The predicted octanol–water partition coefficient (Wildman–Crippen LogP) is 4.76. The number of pyridine rings is 1. The van der Waals surface area contributed by atoms with Gasteiger partial charge in [-0.25, -0.2) is 0 Å². The van der Waals surface area contributed by atoms with Gasteiger partial charge >= 0.3 is 0 Å². The lowest BCUT2D eigenvalue weighted by atomic mass is 10.2. The molecule has 0 aliphatic heterocycles. The maximum absolute atomic E-state index is 12.5. The highest BCUT2D eigenvalue weighted by atomic mass is 79.9. The van der Waals surface area contributed by atoms with Gasteiger partial charge in [-0.15, -0.1) is 29.5 Å². The molecule has 3 aromatic rings. The van der Waals surface area contributed by atoms with Gasteiger partial charge in [0.15, 0.2) is 4.90 Å². The van der Waals surface area contributed by atoms with Crippen LogP contribution in [0.2, 0.25) is 0 Å². The van der Waals surface area contributed by atoms with E-state index >= 15 is 0 Å². The van der Waals surface area contributed by atoms with Crippen LogP contribution in [0.15, 0.2) is 76.4 Å². The number of aromatic nitrogens is 1. The topological polar surface area (TPSA) is 60.0 Å². The molecule has 4 nitrogen and oxygen atoms in total. The van der Waals surface area contributed by atoms with Gasteiger partial charge < -0.3 is 9.87 Å². The smallest absolute Gasteiger partial charge is 0.181 e. The zero-order valence-corrected chi connectivity index (χ0v) is 19.0. The van der Waals surface area contributed by atoms with E-state index in [-0.39, 0.29) is 24.8 Å². The van der Waals surface area contributed by atoms with Crippen molar-refractivity contribution < 1.29 is 4.55 Å². The van der Waals surface area contributed by atoms with Crippen LogP contribution >= 0.6 is 40.7 Å². The number of hydrogen-bond donors (Lipinski definition) is 2. The highest BCUT2D eigenvalue weighted by molar-refractivity contribution is 9.10.